The maximum Gasteiger partial charge on any atom is 0.0925 e. The van der Waals surface area contributed by atoms with E-state index < -0.39 is 0 Å². The first-order valence-electron chi connectivity index (χ1n) is 5.30. The fourth-order valence-electron chi connectivity index (χ4n) is 1.92. The minimum atomic E-state index is 0.130. The molecule has 0 nitrogen and oxygen atoms in total. The van der Waals surface area contributed by atoms with Gasteiger partial charge in [0.15, 0.2) is 0 Å². The lowest BCUT2D eigenvalue weighted by Gasteiger charge is -2.21. The van der Waals surface area contributed by atoms with Crippen molar-refractivity contribution in [3.05, 3.63) is 60.2 Å². The van der Waals surface area contributed by atoms with Crippen molar-refractivity contribution in [2.75, 3.05) is 0 Å². The van der Waals surface area contributed by atoms with Crippen LogP contribution < -0.4 is 0 Å². The molecule has 1 aliphatic heterocycles. The lowest BCUT2D eigenvalue weighted by atomic mass is 10.2. The van der Waals surface area contributed by atoms with Crippen molar-refractivity contribution in [3.8, 4) is 0 Å². The summed E-state index contributed by atoms with van der Waals surface area (Å²) in [5, 5.41) is 0. The summed E-state index contributed by atoms with van der Waals surface area (Å²) in [6, 6.07) is 19.4. The molecule has 2 heteroatoms. The van der Waals surface area contributed by atoms with Crippen molar-refractivity contribution in [2.24, 2.45) is 0 Å². The molecular formula is C14H12S2. The van der Waals surface area contributed by atoms with E-state index in [1.165, 1.54) is 15.4 Å². The largest absolute Gasteiger partial charge is 0.102 e. The third-order valence-corrected chi connectivity index (χ3v) is 5.79. The third kappa shape index (κ3) is 1.66. The fraction of sp³-hybridized carbons (Fsp3) is 0.143. The molecular weight excluding hydrogens is 232 g/mol. The minimum Gasteiger partial charge on any atom is -0.102 e. The maximum atomic E-state index is 2.30. The molecule has 0 atom stereocenters. The number of fused-ring (bicyclic) bond motifs is 1. The van der Waals surface area contributed by atoms with Crippen LogP contribution >= 0.6 is 23.5 Å². The zero-order valence-electron chi connectivity index (χ0n) is 9.01. The highest BCUT2D eigenvalue weighted by molar-refractivity contribution is 8.20. The van der Waals surface area contributed by atoms with E-state index in [4.69, 9.17) is 0 Å². The number of hydrogen-bond donors (Lipinski definition) is 0. The summed E-state index contributed by atoms with van der Waals surface area (Å²) in [6.45, 7) is 2.30. The Bertz CT molecular complexity index is 480. The van der Waals surface area contributed by atoms with E-state index in [9.17, 15) is 0 Å². The van der Waals surface area contributed by atoms with Crippen LogP contribution in [0.2, 0.25) is 0 Å². The summed E-state index contributed by atoms with van der Waals surface area (Å²) < 4.78 is 0.130. The van der Waals surface area contributed by atoms with Gasteiger partial charge in [0.2, 0.25) is 0 Å². The Morgan fingerprint density at radius 3 is 1.81 bits per heavy atom. The van der Waals surface area contributed by atoms with Crippen LogP contribution in [0, 0.1) is 0 Å². The van der Waals surface area contributed by atoms with Crippen molar-refractivity contribution in [2.45, 2.75) is 20.8 Å². The minimum absolute atomic E-state index is 0.130. The lowest BCUT2D eigenvalue weighted by Crippen LogP contribution is -2.07. The van der Waals surface area contributed by atoms with Crippen molar-refractivity contribution in [3.63, 3.8) is 0 Å². The molecule has 16 heavy (non-hydrogen) atoms. The topological polar surface area (TPSA) is 0 Å². The number of thioether (sulfide) groups is 2. The van der Waals surface area contributed by atoms with Crippen LogP contribution in [-0.2, 0) is 4.08 Å². The monoisotopic (exact) mass is 244 g/mol. The number of hydrogen-bond acceptors (Lipinski definition) is 2. The van der Waals surface area contributed by atoms with Crippen LogP contribution in [0.4, 0.5) is 0 Å². The van der Waals surface area contributed by atoms with Crippen molar-refractivity contribution < 1.29 is 0 Å². The Morgan fingerprint density at radius 2 is 1.25 bits per heavy atom. The Labute approximate surface area is 104 Å². The van der Waals surface area contributed by atoms with Crippen molar-refractivity contribution in [1.82, 2.24) is 0 Å². The standard InChI is InChI=1S/C14H12S2/c1-14(11-7-3-2-4-8-11)15-12-9-5-6-10-13(12)16-14/h2-10H,1H3. The number of benzene rings is 2. The van der Waals surface area contributed by atoms with Crippen LogP contribution in [0.1, 0.15) is 12.5 Å². The normalized spacial score (nSPS) is 17.1. The van der Waals surface area contributed by atoms with Crippen LogP contribution in [0.25, 0.3) is 0 Å². The van der Waals surface area contributed by atoms with E-state index in [-0.39, 0.29) is 4.08 Å². The van der Waals surface area contributed by atoms with Gasteiger partial charge in [-0.3, -0.25) is 0 Å². The maximum absolute atomic E-state index is 2.30. The van der Waals surface area contributed by atoms with Gasteiger partial charge in [0.25, 0.3) is 0 Å². The van der Waals surface area contributed by atoms with Crippen LogP contribution in [0.3, 0.4) is 0 Å². The van der Waals surface area contributed by atoms with E-state index in [1.54, 1.807) is 0 Å². The first kappa shape index (κ1) is 10.3. The Hall–Kier alpha value is -0.860. The summed E-state index contributed by atoms with van der Waals surface area (Å²) >= 11 is 3.91. The zero-order chi connectivity index (χ0) is 11.0. The summed E-state index contributed by atoms with van der Waals surface area (Å²) in [7, 11) is 0. The van der Waals surface area contributed by atoms with Gasteiger partial charge in [-0.2, -0.15) is 0 Å². The second kappa shape index (κ2) is 3.86. The Kier molecular flexibility index (Phi) is 2.49. The molecule has 1 heterocycles. The third-order valence-electron chi connectivity index (χ3n) is 2.76. The Morgan fingerprint density at radius 1 is 0.750 bits per heavy atom. The summed E-state index contributed by atoms with van der Waals surface area (Å²) in [5.74, 6) is 0. The summed E-state index contributed by atoms with van der Waals surface area (Å²) in [4.78, 5) is 2.80. The molecule has 0 unspecified atom stereocenters. The van der Waals surface area contributed by atoms with Gasteiger partial charge < -0.3 is 0 Å². The molecule has 2 aromatic rings. The molecule has 1 aliphatic rings. The highest BCUT2D eigenvalue weighted by Crippen LogP contribution is 2.60. The first-order valence-corrected chi connectivity index (χ1v) is 6.94. The predicted molar refractivity (Wildman–Crippen MR) is 72.0 cm³/mol. The summed E-state index contributed by atoms with van der Waals surface area (Å²) in [6.07, 6.45) is 0. The van der Waals surface area contributed by atoms with Crippen molar-refractivity contribution >= 4 is 23.5 Å². The van der Waals surface area contributed by atoms with Gasteiger partial charge in [0.05, 0.1) is 4.08 Å². The van der Waals surface area contributed by atoms with E-state index in [2.05, 4.69) is 61.5 Å². The van der Waals surface area contributed by atoms with Crippen LogP contribution in [0.15, 0.2) is 64.4 Å². The van der Waals surface area contributed by atoms with Gasteiger partial charge in [-0.25, -0.2) is 0 Å². The molecule has 0 aliphatic carbocycles. The molecule has 0 saturated heterocycles. The molecule has 0 amide bonds. The molecule has 0 N–H and O–H groups in total. The highest BCUT2D eigenvalue weighted by Gasteiger charge is 2.35. The second-order valence-corrected chi connectivity index (χ2v) is 7.14. The zero-order valence-corrected chi connectivity index (χ0v) is 10.6. The first-order chi connectivity index (χ1) is 7.78. The molecule has 80 valence electrons. The fourth-order valence-corrected chi connectivity index (χ4v) is 4.85. The van der Waals surface area contributed by atoms with E-state index in [1.807, 2.05) is 23.5 Å². The average Bonchev–Trinajstić information content (AvgIpc) is 2.68. The van der Waals surface area contributed by atoms with E-state index in [0.717, 1.165) is 0 Å². The second-order valence-electron chi connectivity index (χ2n) is 3.96. The number of rotatable bonds is 1. The van der Waals surface area contributed by atoms with E-state index >= 15 is 0 Å². The molecule has 3 rings (SSSR count). The average molecular weight is 244 g/mol. The lowest BCUT2D eigenvalue weighted by molar-refractivity contribution is 1.02. The molecule has 0 aromatic heterocycles. The molecule has 0 fully saturated rings. The summed E-state index contributed by atoms with van der Waals surface area (Å²) in [5.41, 5.74) is 1.39. The van der Waals surface area contributed by atoms with Gasteiger partial charge in [-0.05, 0) is 24.6 Å². The Balaban J connectivity index is 2.01. The van der Waals surface area contributed by atoms with Gasteiger partial charge in [0.1, 0.15) is 0 Å². The smallest absolute Gasteiger partial charge is 0.0925 e. The van der Waals surface area contributed by atoms with Crippen LogP contribution in [-0.4, -0.2) is 0 Å². The van der Waals surface area contributed by atoms with E-state index in [0.29, 0.717) is 0 Å². The molecule has 0 radical (unpaired) electrons. The molecule has 0 bridgehead atoms. The quantitative estimate of drug-likeness (QED) is 0.709. The molecule has 0 spiro atoms. The molecule has 0 saturated carbocycles. The highest BCUT2D eigenvalue weighted by atomic mass is 32.2. The van der Waals surface area contributed by atoms with Gasteiger partial charge in [0, 0.05) is 9.79 Å². The van der Waals surface area contributed by atoms with Gasteiger partial charge in [-0.15, -0.1) is 23.5 Å². The van der Waals surface area contributed by atoms with Crippen LogP contribution in [0.5, 0.6) is 0 Å². The molecule has 2 aromatic carbocycles. The van der Waals surface area contributed by atoms with Gasteiger partial charge in [-0.1, -0.05) is 42.5 Å². The van der Waals surface area contributed by atoms with Crippen molar-refractivity contribution in [1.29, 1.82) is 0 Å². The predicted octanol–water partition coefficient (Wildman–Crippen LogP) is 4.76. The SMILES string of the molecule is CC1(c2ccccc2)Sc2ccccc2S1. The van der Waals surface area contributed by atoms with Gasteiger partial charge >= 0.3 is 0 Å².